The van der Waals surface area contributed by atoms with Crippen LogP contribution in [0.15, 0.2) is 59.2 Å². The zero-order chi connectivity index (χ0) is 14.8. The highest BCUT2D eigenvalue weighted by molar-refractivity contribution is 9.10. The number of anilines is 1. The Bertz CT molecular complexity index is 796. The van der Waals surface area contributed by atoms with Gasteiger partial charge in [-0.05, 0) is 42.5 Å². The molecule has 0 aliphatic rings. The molecular weight excluding hydrogens is 352 g/mol. The van der Waals surface area contributed by atoms with E-state index in [1.54, 1.807) is 24.3 Å². The molecule has 0 fully saturated rings. The Balaban J connectivity index is 1.77. The molecule has 0 saturated heterocycles. The second-order valence-corrected chi connectivity index (χ2v) is 5.96. The number of carbonyl (C=O) groups is 1. The maximum Gasteiger partial charge on any atom is 0.244 e. The summed E-state index contributed by atoms with van der Waals surface area (Å²) < 4.78 is 2.95. The van der Waals surface area contributed by atoms with Gasteiger partial charge in [0.15, 0.2) is 0 Å². The first kappa shape index (κ1) is 14.2. The van der Waals surface area contributed by atoms with E-state index < -0.39 is 0 Å². The van der Waals surface area contributed by atoms with E-state index in [0.717, 1.165) is 21.1 Å². The topological polar surface area (TPSA) is 34.0 Å². The number of rotatable bonds is 3. The van der Waals surface area contributed by atoms with E-state index in [4.69, 9.17) is 11.6 Å². The number of nitrogens with one attached hydrogen (secondary N) is 1. The normalized spacial score (nSPS) is 10.8. The molecule has 0 atom stereocenters. The number of nitrogens with zero attached hydrogens (tertiary/aromatic N) is 1. The van der Waals surface area contributed by atoms with Gasteiger partial charge >= 0.3 is 0 Å². The molecular formula is C16H12BrClN2O. The maximum atomic E-state index is 12.1. The first-order valence-electron chi connectivity index (χ1n) is 6.42. The van der Waals surface area contributed by atoms with Gasteiger partial charge in [0.05, 0.1) is 0 Å². The fourth-order valence-electron chi connectivity index (χ4n) is 2.21. The number of hydrogen-bond acceptors (Lipinski definition) is 1. The summed E-state index contributed by atoms with van der Waals surface area (Å²) in [5.74, 6) is -0.0743. The summed E-state index contributed by atoms with van der Waals surface area (Å²) in [6.45, 7) is 0.266. The summed E-state index contributed by atoms with van der Waals surface area (Å²) >= 11 is 9.33. The third kappa shape index (κ3) is 3.12. The minimum absolute atomic E-state index is 0.0743. The summed E-state index contributed by atoms with van der Waals surface area (Å²) in [6.07, 6.45) is 1.91. The van der Waals surface area contributed by atoms with Gasteiger partial charge in [0.25, 0.3) is 0 Å². The zero-order valence-electron chi connectivity index (χ0n) is 11.0. The second-order valence-electron chi connectivity index (χ2n) is 4.67. The van der Waals surface area contributed by atoms with Gasteiger partial charge in [0.2, 0.25) is 5.91 Å². The van der Waals surface area contributed by atoms with Crippen molar-refractivity contribution < 1.29 is 4.79 Å². The first-order valence-corrected chi connectivity index (χ1v) is 7.59. The van der Waals surface area contributed by atoms with Crippen molar-refractivity contribution in [3.8, 4) is 0 Å². The Morgan fingerprint density at radius 3 is 2.67 bits per heavy atom. The molecule has 0 bridgehead atoms. The van der Waals surface area contributed by atoms with Crippen molar-refractivity contribution in [3.63, 3.8) is 0 Å². The monoisotopic (exact) mass is 362 g/mol. The third-order valence-electron chi connectivity index (χ3n) is 3.20. The molecule has 1 amide bonds. The van der Waals surface area contributed by atoms with E-state index >= 15 is 0 Å². The minimum atomic E-state index is -0.0743. The molecule has 0 aliphatic heterocycles. The van der Waals surface area contributed by atoms with Crippen LogP contribution >= 0.6 is 27.5 Å². The molecule has 3 nitrogen and oxygen atoms in total. The SMILES string of the molecule is O=C(Cn1ccc2c(Br)cccc21)Nc1ccc(Cl)cc1. The molecule has 2 aromatic carbocycles. The minimum Gasteiger partial charge on any atom is -0.338 e. The molecule has 3 aromatic rings. The second kappa shape index (κ2) is 5.92. The standard InChI is InChI=1S/C16H12BrClN2O/c17-14-2-1-3-15-13(14)8-9-20(15)10-16(21)19-12-6-4-11(18)5-7-12/h1-9H,10H2,(H,19,21). The van der Waals surface area contributed by atoms with E-state index in [-0.39, 0.29) is 12.5 Å². The van der Waals surface area contributed by atoms with Gasteiger partial charge in [-0.25, -0.2) is 0 Å². The lowest BCUT2D eigenvalue weighted by molar-refractivity contribution is -0.116. The molecule has 0 unspecified atom stereocenters. The van der Waals surface area contributed by atoms with E-state index in [2.05, 4.69) is 21.2 Å². The van der Waals surface area contributed by atoms with Crippen LogP contribution in [0.5, 0.6) is 0 Å². The molecule has 106 valence electrons. The lowest BCUT2D eigenvalue weighted by Gasteiger charge is -2.07. The number of carbonyl (C=O) groups excluding carboxylic acids is 1. The summed E-state index contributed by atoms with van der Waals surface area (Å²) in [7, 11) is 0. The molecule has 0 spiro atoms. The molecule has 1 aromatic heterocycles. The highest BCUT2D eigenvalue weighted by atomic mass is 79.9. The van der Waals surface area contributed by atoms with Gasteiger partial charge in [0, 0.05) is 32.3 Å². The maximum absolute atomic E-state index is 12.1. The van der Waals surface area contributed by atoms with Crippen molar-refractivity contribution in [2.24, 2.45) is 0 Å². The van der Waals surface area contributed by atoms with Crippen LogP contribution in [0.4, 0.5) is 5.69 Å². The smallest absolute Gasteiger partial charge is 0.244 e. The van der Waals surface area contributed by atoms with Gasteiger partial charge in [-0.2, -0.15) is 0 Å². The first-order chi connectivity index (χ1) is 10.1. The average Bonchev–Trinajstić information content (AvgIpc) is 2.86. The highest BCUT2D eigenvalue weighted by Gasteiger charge is 2.08. The van der Waals surface area contributed by atoms with Crippen LogP contribution in [-0.4, -0.2) is 10.5 Å². The number of amides is 1. The lowest BCUT2D eigenvalue weighted by atomic mass is 10.2. The van der Waals surface area contributed by atoms with Crippen molar-refractivity contribution in [2.75, 3.05) is 5.32 Å². The zero-order valence-corrected chi connectivity index (χ0v) is 13.4. The van der Waals surface area contributed by atoms with E-state index in [1.807, 2.05) is 35.0 Å². The predicted octanol–water partition coefficient (Wildman–Crippen LogP) is 4.70. The average molecular weight is 364 g/mol. The van der Waals surface area contributed by atoms with Crippen molar-refractivity contribution in [1.29, 1.82) is 0 Å². The van der Waals surface area contributed by atoms with Gasteiger partial charge < -0.3 is 9.88 Å². The summed E-state index contributed by atoms with van der Waals surface area (Å²) in [5, 5.41) is 4.60. The summed E-state index contributed by atoms with van der Waals surface area (Å²) in [4.78, 5) is 12.1. The molecule has 5 heteroatoms. The molecule has 21 heavy (non-hydrogen) atoms. The van der Waals surface area contributed by atoms with Crippen LogP contribution in [0.2, 0.25) is 5.02 Å². The number of aromatic nitrogens is 1. The fourth-order valence-corrected chi connectivity index (χ4v) is 2.83. The number of hydrogen-bond donors (Lipinski definition) is 1. The Morgan fingerprint density at radius 1 is 1.14 bits per heavy atom. The van der Waals surface area contributed by atoms with Gasteiger partial charge in [0.1, 0.15) is 6.54 Å². The molecule has 3 rings (SSSR count). The highest BCUT2D eigenvalue weighted by Crippen LogP contribution is 2.24. The molecule has 1 N–H and O–H groups in total. The third-order valence-corrected chi connectivity index (χ3v) is 4.15. The molecule has 1 heterocycles. The summed E-state index contributed by atoms with van der Waals surface area (Å²) in [6, 6.07) is 15.0. The molecule has 0 radical (unpaired) electrons. The van der Waals surface area contributed by atoms with E-state index in [9.17, 15) is 4.79 Å². The van der Waals surface area contributed by atoms with Crippen molar-refractivity contribution >= 4 is 50.0 Å². The van der Waals surface area contributed by atoms with Gasteiger partial charge in [-0.1, -0.05) is 33.6 Å². The van der Waals surface area contributed by atoms with Crippen LogP contribution in [0.1, 0.15) is 0 Å². The van der Waals surface area contributed by atoms with E-state index in [0.29, 0.717) is 5.02 Å². The predicted molar refractivity (Wildman–Crippen MR) is 89.7 cm³/mol. The molecule has 0 saturated carbocycles. The number of fused-ring (bicyclic) bond motifs is 1. The van der Waals surface area contributed by atoms with Crippen molar-refractivity contribution in [1.82, 2.24) is 4.57 Å². The Labute approximate surface area is 135 Å². The molecule has 0 aliphatic carbocycles. The van der Waals surface area contributed by atoms with Crippen LogP contribution in [0, 0.1) is 0 Å². The van der Waals surface area contributed by atoms with Crippen LogP contribution in [-0.2, 0) is 11.3 Å². The van der Waals surface area contributed by atoms with Crippen molar-refractivity contribution in [3.05, 3.63) is 64.2 Å². The fraction of sp³-hybridized carbons (Fsp3) is 0.0625. The number of halogens is 2. The van der Waals surface area contributed by atoms with Gasteiger partial charge in [-0.15, -0.1) is 0 Å². The van der Waals surface area contributed by atoms with Gasteiger partial charge in [-0.3, -0.25) is 4.79 Å². The Hall–Kier alpha value is -1.78. The van der Waals surface area contributed by atoms with Crippen molar-refractivity contribution in [2.45, 2.75) is 6.54 Å². The van der Waals surface area contributed by atoms with Crippen LogP contribution in [0.25, 0.3) is 10.9 Å². The quantitative estimate of drug-likeness (QED) is 0.719. The van der Waals surface area contributed by atoms with Crippen LogP contribution in [0.3, 0.4) is 0 Å². The Kier molecular flexibility index (Phi) is 3.99. The summed E-state index contributed by atoms with van der Waals surface area (Å²) in [5.41, 5.74) is 1.76. The largest absolute Gasteiger partial charge is 0.338 e. The van der Waals surface area contributed by atoms with E-state index in [1.165, 1.54) is 0 Å². The Morgan fingerprint density at radius 2 is 1.90 bits per heavy atom. The lowest BCUT2D eigenvalue weighted by Crippen LogP contribution is -2.18. The van der Waals surface area contributed by atoms with Crippen LogP contribution < -0.4 is 5.32 Å². The number of benzene rings is 2.